The van der Waals surface area contributed by atoms with Gasteiger partial charge in [0.15, 0.2) is 0 Å². The lowest BCUT2D eigenvalue weighted by atomic mass is 9.97. The third-order valence-electron chi connectivity index (χ3n) is 4.07. The maximum absolute atomic E-state index is 6.38. The highest BCUT2D eigenvalue weighted by molar-refractivity contribution is 6.35. The molecule has 110 valence electrons. The van der Waals surface area contributed by atoms with Gasteiger partial charge in [-0.25, -0.2) is 0 Å². The molecule has 1 unspecified atom stereocenters. The van der Waals surface area contributed by atoms with Crippen molar-refractivity contribution in [2.24, 2.45) is 5.73 Å². The van der Waals surface area contributed by atoms with E-state index in [4.69, 9.17) is 28.9 Å². The van der Waals surface area contributed by atoms with Gasteiger partial charge in [-0.2, -0.15) is 0 Å². The maximum atomic E-state index is 6.38. The van der Waals surface area contributed by atoms with Crippen molar-refractivity contribution in [1.29, 1.82) is 0 Å². The minimum absolute atomic E-state index is 0.0798. The van der Waals surface area contributed by atoms with Gasteiger partial charge in [-0.1, -0.05) is 47.5 Å². The molecule has 0 saturated carbocycles. The summed E-state index contributed by atoms with van der Waals surface area (Å²) in [6.45, 7) is 1.52. The highest BCUT2D eigenvalue weighted by Crippen LogP contribution is 2.36. The van der Waals surface area contributed by atoms with E-state index in [9.17, 15) is 0 Å². The number of nitrogens with zero attached hydrogens (tertiary/aromatic N) is 1. The van der Waals surface area contributed by atoms with E-state index in [-0.39, 0.29) is 6.04 Å². The van der Waals surface area contributed by atoms with Crippen LogP contribution in [0.4, 0.5) is 5.69 Å². The molecule has 1 aliphatic rings. The second-order valence-corrected chi connectivity index (χ2v) is 6.19. The van der Waals surface area contributed by atoms with Gasteiger partial charge < -0.3 is 10.6 Å². The number of anilines is 1. The molecule has 0 spiro atoms. The van der Waals surface area contributed by atoms with E-state index in [1.54, 1.807) is 6.07 Å². The SMILES string of the molecule is NCC(c1ccc(Cl)cc1Cl)N1CCCc2ccccc21. The number of hydrogen-bond acceptors (Lipinski definition) is 2. The van der Waals surface area contributed by atoms with E-state index < -0.39 is 0 Å². The number of fused-ring (bicyclic) bond motifs is 1. The van der Waals surface area contributed by atoms with Crippen LogP contribution in [0.25, 0.3) is 0 Å². The van der Waals surface area contributed by atoms with Crippen LogP contribution in [0.2, 0.25) is 10.0 Å². The summed E-state index contributed by atoms with van der Waals surface area (Å²) in [6.07, 6.45) is 2.26. The van der Waals surface area contributed by atoms with Gasteiger partial charge in [-0.15, -0.1) is 0 Å². The smallest absolute Gasteiger partial charge is 0.0679 e. The molecule has 0 radical (unpaired) electrons. The number of benzene rings is 2. The number of halogens is 2. The molecule has 2 aromatic carbocycles. The average molecular weight is 321 g/mol. The van der Waals surface area contributed by atoms with E-state index in [1.807, 2.05) is 12.1 Å². The second kappa shape index (κ2) is 6.27. The summed E-state index contributed by atoms with van der Waals surface area (Å²) < 4.78 is 0. The first-order valence-electron chi connectivity index (χ1n) is 7.20. The molecule has 3 rings (SSSR count). The molecule has 0 fully saturated rings. The zero-order valence-electron chi connectivity index (χ0n) is 11.7. The molecule has 0 saturated heterocycles. The molecule has 0 aromatic heterocycles. The van der Waals surface area contributed by atoms with Gasteiger partial charge in [0.25, 0.3) is 0 Å². The van der Waals surface area contributed by atoms with Crippen molar-refractivity contribution in [3.05, 3.63) is 63.6 Å². The number of para-hydroxylation sites is 1. The molecule has 1 aliphatic heterocycles. The number of nitrogens with two attached hydrogens (primary N) is 1. The topological polar surface area (TPSA) is 29.3 Å². The standard InChI is InChI=1S/C17H18Cl2N2/c18-13-7-8-14(15(19)10-13)17(11-20)21-9-3-5-12-4-1-2-6-16(12)21/h1-2,4,6-8,10,17H,3,5,9,11,20H2. The van der Waals surface area contributed by atoms with Gasteiger partial charge in [0.1, 0.15) is 0 Å². The summed E-state index contributed by atoms with van der Waals surface area (Å²) in [6, 6.07) is 14.3. The minimum atomic E-state index is 0.0798. The molecule has 0 amide bonds. The normalized spacial score (nSPS) is 15.7. The molecule has 1 heterocycles. The molecule has 1 atom stereocenters. The fraction of sp³-hybridized carbons (Fsp3) is 0.294. The monoisotopic (exact) mass is 320 g/mol. The Hall–Kier alpha value is -1.22. The molecule has 2 aromatic rings. The van der Waals surface area contributed by atoms with Crippen LogP contribution in [0, 0.1) is 0 Å². The van der Waals surface area contributed by atoms with Gasteiger partial charge in [-0.05, 0) is 42.2 Å². The maximum Gasteiger partial charge on any atom is 0.0679 e. The van der Waals surface area contributed by atoms with Gasteiger partial charge in [0.2, 0.25) is 0 Å². The van der Waals surface area contributed by atoms with Crippen LogP contribution in [-0.4, -0.2) is 13.1 Å². The molecule has 0 bridgehead atoms. The summed E-state index contributed by atoms with van der Waals surface area (Å²) in [5, 5.41) is 1.33. The van der Waals surface area contributed by atoms with Crippen LogP contribution in [-0.2, 0) is 6.42 Å². The Labute approximate surface area is 135 Å². The Morgan fingerprint density at radius 1 is 1.14 bits per heavy atom. The first-order valence-corrected chi connectivity index (χ1v) is 7.96. The third kappa shape index (κ3) is 2.89. The lowest BCUT2D eigenvalue weighted by Gasteiger charge is -2.38. The Morgan fingerprint density at radius 2 is 1.95 bits per heavy atom. The molecular weight excluding hydrogens is 303 g/mol. The van der Waals surface area contributed by atoms with Crippen molar-refractivity contribution in [3.63, 3.8) is 0 Å². The first-order chi connectivity index (χ1) is 10.2. The van der Waals surface area contributed by atoms with Gasteiger partial charge in [0, 0.05) is 28.8 Å². The zero-order valence-corrected chi connectivity index (χ0v) is 13.2. The summed E-state index contributed by atoms with van der Waals surface area (Å²) in [5.41, 5.74) is 9.76. The van der Waals surface area contributed by atoms with E-state index >= 15 is 0 Å². The Bertz CT molecular complexity index is 642. The van der Waals surface area contributed by atoms with Crippen LogP contribution in [0.15, 0.2) is 42.5 Å². The molecular formula is C17H18Cl2N2. The Balaban J connectivity index is 2.01. The predicted octanol–water partition coefficient (Wildman–Crippen LogP) is 4.45. The summed E-state index contributed by atoms with van der Waals surface area (Å²) in [5.74, 6) is 0. The van der Waals surface area contributed by atoms with Crippen LogP contribution in [0.1, 0.15) is 23.6 Å². The fourth-order valence-electron chi connectivity index (χ4n) is 3.08. The second-order valence-electron chi connectivity index (χ2n) is 5.34. The number of rotatable bonds is 3. The van der Waals surface area contributed by atoms with Crippen LogP contribution in [0.5, 0.6) is 0 Å². The van der Waals surface area contributed by atoms with Crippen molar-refractivity contribution in [3.8, 4) is 0 Å². The van der Waals surface area contributed by atoms with E-state index in [1.165, 1.54) is 11.3 Å². The van der Waals surface area contributed by atoms with Crippen LogP contribution in [0.3, 0.4) is 0 Å². The summed E-state index contributed by atoms with van der Waals surface area (Å²) in [4.78, 5) is 2.37. The predicted molar refractivity (Wildman–Crippen MR) is 90.4 cm³/mol. The van der Waals surface area contributed by atoms with Crippen LogP contribution < -0.4 is 10.6 Å². The molecule has 4 heteroatoms. The Morgan fingerprint density at radius 3 is 2.71 bits per heavy atom. The molecule has 2 N–H and O–H groups in total. The van der Waals surface area contributed by atoms with E-state index in [0.29, 0.717) is 16.6 Å². The molecule has 2 nitrogen and oxygen atoms in total. The highest BCUT2D eigenvalue weighted by atomic mass is 35.5. The van der Waals surface area contributed by atoms with Gasteiger partial charge in [0.05, 0.1) is 6.04 Å². The zero-order chi connectivity index (χ0) is 14.8. The van der Waals surface area contributed by atoms with Crippen molar-refractivity contribution >= 4 is 28.9 Å². The molecule has 0 aliphatic carbocycles. The highest BCUT2D eigenvalue weighted by Gasteiger charge is 2.25. The largest absolute Gasteiger partial charge is 0.363 e. The number of hydrogen-bond donors (Lipinski definition) is 1. The van der Waals surface area contributed by atoms with E-state index in [2.05, 4.69) is 29.2 Å². The van der Waals surface area contributed by atoms with Gasteiger partial charge >= 0.3 is 0 Å². The Kier molecular flexibility index (Phi) is 4.39. The van der Waals surface area contributed by atoms with Crippen molar-refractivity contribution in [2.75, 3.05) is 18.0 Å². The van der Waals surface area contributed by atoms with E-state index in [0.717, 1.165) is 24.9 Å². The first kappa shape index (κ1) is 14.7. The minimum Gasteiger partial charge on any atom is -0.363 e. The third-order valence-corrected chi connectivity index (χ3v) is 4.63. The van der Waals surface area contributed by atoms with Gasteiger partial charge in [-0.3, -0.25) is 0 Å². The lowest BCUT2D eigenvalue weighted by molar-refractivity contribution is 0.588. The fourth-order valence-corrected chi connectivity index (χ4v) is 3.61. The van der Waals surface area contributed by atoms with Crippen molar-refractivity contribution in [1.82, 2.24) is 0 Å². The summed E-state index contributed by atoms with van der Waals surface area (Å²) in [7, 11) is 0. The number of aryl methyl sites for hydroxylation is 1. The quantitative estimate of drug-likeness (QED) is 0.905. The van der Waals surface area contributed by atoms with Crippen molar-refractivity contribution in [2.45, 2.75) is 18.9 Å². The average Bonchev–Trinajstić information content (AvgIpc) is 2.50. The lowest BCUT2D eigenvalue weighted by Crippen LogP contribution is -2.37. The summed E-state index contributed by atoms with van der Waals surface area (Å²) >= 11 is 12.4. The molecule has 21 heavy (non-hydrogen) atoms. The van der Waals surface area contributed by atoms with Crippen LogP contribution >= 0.6 is 23.2 Å². The van der Waals surface area contributed by atoms with Crippen molar-refractivity contribution < 1.29 is 0 Å².